The molecule has 0 radical (unpaired) electrons. The Hall–Kier alpha value is 1.77. The first-order chi connectivity index (χ1) is 7.04. The van der Waals surface area contributed by atoms with E-state index in [4.69, 9.17) is 0 Å². The normalized spacial score (nSPS) is 10.9. The van der Waals surface area contributed by atoms with E-state index in [0.717, 1.165) is 0 Å². The Morgan fingerprint density at radius 2 is 1.35 bits per heavy atom. The lowest BCUT2D eigenvalue weighted by Crippen LogP contribution is -3.00. The van der Waals surface area contributed by atoms with Crippen LogP contribution in [0.25, 0.3) is 0 Å². The smallest absolute Gasteiger partial charge is 0.107 e. The van der Waals surface area contributed by atoms with E-state index in [9.17, 15) is 0 Å². The van der Waals surface area contributed by atoms with Crippen LogP contribution in [0.2, 0.25) is 0 Å². The van der Waals surface area contributed by atoms with Crippen molar-refractivity contribution in [1.29, 1.82) is 0 Å². The zero-order chi connectivity index (χ0) is 11.7. The van der Waals surface area contributed by atoms with Gasteiger partial charge < -0.3 is 53.7 Å². The fraction of sp³-hybridized carbons (Fsp3) is 1.00. The van der Waals surface area contributed by atoms with E-state index in [1.165, 1.54) is 50.7 Å². The van der Waals surface area contributed by atoms with Crippen LogP contribution in [0.1, 0.15) is 58.8 Å². The maximum Gasteiger partial charge on any atom is 0.107 e. The fourth-order valence-electron chi connectivity index (χ4n) is 2.33. The molecule has 0 bridgehead atoms. The molecule has 17 heavy (non-hydrogen) atoms. The Morgan fingerprint density at radius 3 is 1.71 bits per heavy atom. The van der Waals surface area contributed by atoms with Gasteiger partial charge in [0.05, 0.1) is 18.1 Å². The molecule has 3 N–H and O–H groups in total. The monoisotopic (exact) mass is 487 g/mol. The Bertz CT molecular complexity index is 148. The SMILES string of the molecule is CCCC([NH3+])(CCC)CCCC[S+](C)C.[I-].[I-]. The molecule has 0 aliphatic rings. The topological polar surface area (TPSA) is 27.6 Å². The second-order valence-electron chi connectivity index (χ2n) is 5.15. The summed E-state index contributed by atoms with van der Waals surface area (Å²) in [7, 11) is 0.628. The summed E-state index contributed by atoms with van der Waals surface area (Å²) < 4.78 is 0. The van der Waals surface area contributed by atoms with Crippen LogP contribution < -0.4 is 53.7 Å². The Balaban J connectivity index is -0.000000980. The molecule has 0 saturated heterocycles. The molecule has 0 saturated carbocycles. The third-order valence-corrected chi connectivity index (χ3v) is 4.18. The molecule has 1 nitrogen and oxygen atoms in total. The van der Waals surface area contributed by atoms with Crippen LogP contribution in [0.4, 0.5) is 0 Å². The summed E-state index contributed by atoms with van der Waals surface area (Å²) in [6.45, 7) is 4.57. The standard InChI is InChI=1S/C13H30NS.2HI/c1-5-9-13(14,10-6-2)11-7-8-12-15(3)4;;/h5-12,14H2,1-4H3;2*1H/q+1;;/p-1. The lowest BCUT2D eigenvalue weighted by atomic mass is 9.85. The fourth-order valence-corrected chi connectivity index (χ4v) is 3.11. The summed E-state index contributed by atoms with van der Waals surface area (Å²) in [5.74, 6) is 1.41. The van der Waals surface area contributed by atoms with Gasteiger partial charge in [-0.1, -0.05) is 26.7 Å². The van der Waals surface area contributed by atoms with Crippen molar-refractivity contribution in [2.75, 3.05) is 18.3 Å². The first-order valence-electron chi connectivity index (χ1n) is 6.43. The van der Waals surface area contributed by atoms with Gasteiger partial charge in [0.1, 0.15) is 5.75 Å². The molecule has 0 aromatic heterocycles. The predicted molar refractivity (Wildman–Crippen MR) is 73.4 cm³/mol. The van der Waals surface area contributed by atoms with Crippen LogP contribution in [0.15, 0.2) is 0 Å². The molecular weight excluding hydrogens is 456 g/mol. The van der Waals surface area contributed by atoms with Gasteiger partial charge in [0.2, 0.25) is 0 Å². The van der Waals surface area contributed by atoms with Gasteiger partial charge in [-0.25, -0.2) is 0 Å². The second-order valence-corrected chi connectivity index (χ2v) is 7.53. The van der Waals surface area contributed by atoms with Crippen LogP contribution in [0.3, 0.4) is 0 Å². The van der Waals surface area contributed by atoms with Gasteiger partial charge in [-0.05, 0) is 23.7 Å². The van der Waals surface area contributed by atoms with E-state index in [1.54, 1.807) is 0 Å². The van der Waals surface area contributed by atoms with Gasteiger partial charge in [-0.3, -0.25) is 0 Å². The summed E-state index contributed by atoms with van der Waals surface area (Å²) in [5.41, 5.74) is 4.86. The van der Waals surface area contributed by atoms with Crippen LogP contribution in [-0.4, -0.2) is 23.8 Å². The third kappa shape index (κ3) is 14.0. The molecule has 0 heterocycles. The molecule has 0 amide bonds. The number of rotatable bonds is 9. The minimum absolute atomic E-state index is 0. The average molecular weight is 487 g/mol. The van der Waals surface area contributed by atoms with Crippen molar-refractivity contribution < 1.29 is 53.7 Å². The highest BCUT2D eigenvalue weighted by atomic mass is 127. The van der Waals surface area contributed by atoms with E-state index < -0.39 is 0 Å². The van der Waals surface area contributed by atoms with Crippen LogP contribution in [-0.2, 0) is 10.9 Å². The lowest BCUT2D eigenvalue weighted by Gasteiger charge is -2.25. The minimum atomic E-state index is 0. The van der Waals surface area contributed by atoms with Crippen LogP contribution in [0.5, 0.6) is 0 Å². The van der Waals surface area contributed by atoms with E-state index in [0.29, 0.717) is 16.4 Å². The molecule has 0 atom stereocenters. The van der Waals surface area contributed by atoms with Gasteiger partial charge in [-0.15, -0.1) is 0 Å². The number of hydrogen-bond donors (Lipinski definition) is 1. The van der Waals surface area contributed by atoms with Crippen molar-refractivity contribution >= 4 is 10.9 Å². The number of unbranched alkanes of at least 4 members (excludes halogenated alkanes) is 1. The maximum absolute atomic E-state index is 4.47. The highest BCUT2D eigenvalue weighted by molar-refractivity contribution is 7.95. The molecule has 108 valence electrons. The molecule has 0 fully saturated rings. The van der Waals surface area contributed by atoms with E-state index >= 15 is 0 Å². The number of halogens is 2. The molecular formula is C13H31I2NS. The largest absolute Gasteiger partial charge is 1.00 e. The van der Waals surface area contributed by atoms with Gasteiger partial charge in [0, 0.05) is 19.3 Å². The van der Waals surface area contributed by atoms with Gasteiger partial charge in [-0.2, -0.15) is 0 Å². The molecule has 0 spiro atoms. The van der Waals surface area contributed by atoms with Crippen molar-refractivity contribution in [2.24, 2.45) is 0 Å². The van der Waals surface area contributed by atoms with Crippen LogP contribution >= 0.6 is 0 Å². The maximum atomic E-state index is 4.47. The zero-order valence-corrected chi connectivity index (χ0v) is 17.2. The van der Waals surface area contributed by atoms with Crippen molar-refractivity contribution in [3.63, 3.8) is 0 Å². The van der Waals surface area contributed by atoms with Gasteiger partial charge in [0.25, 0.3) is 0 Å². The first kappa shape index (κ1) is 23.8. The van der Waals surface area contributed by atoms with Crippen molar-refractivity contribution in [1.82, 2.24) is 0 Å². The molecule has 0 aliphatic carbocycles. The number of quaternary nitrogens is 1. The summed E-state index contributed by atoms with van der Waals surface area (Å²) in [4.78, 5) is 0. The second kappa shape index (κ2) is 14.2. The molecule has 0 rings (SSSR count). The highest BCUT2D eigenvalue weighted by Crippen LogP contribution is 2.21. The third-order valence-electron chi connectivity index (χ3n) is 3.07. The highest BCUT2D eigenvalue weighted by Gasteiger charge is 2.26. The minimum Gasteiger partial charge on any atom is -1.00 e. The van der Waals surface area contributed by atoms with Crippen molar-refractivity contribution in [2.45, 2.75) is 64.3 Å². The summed E-state index contributed by atoms with van der Waals surface area (Å²) in [6.07, 6.45) is 14.0. The summed E-state index contributed by atoms with van der Waals surface area (Å²) in [5, 5.41) is 0. The molecule has 0 aromatic rings. The molecule has 0 unspecified atom stereocenters. The van der Waals surface area contributed by atoms with E-state index in [1.807, 2.05) is 0 Å². The number of hydrogen-bond acceptors (Lipinski definition) is 0. The van der Waals surface area contributed by atoms with Gasteiger partial charge in [0.15, 0.2) is 0 Å². The first-order valence-corrected chi connectivity index (χ1v) is 8.64. The zero-order valence-electron chi connectivity index (χ0n) is 12.0. The van der Waals surface area contributed by atoms with Gasteiger partial charge >= 0.3 is 0 Å². The molecule has 0 aromatic carbocycles. The lowest BCUT2D eigenvalue weighted by molar-refractivity contribution is -0.483. The predicted octanol–water partition coefficient (Wildman–Crippen LogP) is -3.38. The Labute approximate surface area is 146 Å². The average Bonchev–Trinajstić information content (AvgIpc) is 2.13. The Kier molecular flexibility index (Phi) is 19.9. The van der Waals surface area contributed by atoms with Crippen LogP contribution in [0, 0.1) is 0 Å². The van der Waals surface area contributed by atoms with Crippen molar-refractivity contribution in [3.05, 3.63) is 0 Å². The Morgan fingerprint density at radius 1 is 0.882 bits per heavy atom. The van der Waals surface area contributed by atoms with E-state index in [-0.39, 0.29) is 48.0 Å². The summed E-state index contributed by atoms with van der Waals surface area (Å²) in [6, 6.07) is 0. The van der Waals surface area contributed by atoms with E-state index in [2.05, 4.69) is 32.1 Å². The molecule has 0 aliphatic heterocycles. The molecule has 4 heteroatoms. The summed E-state index contributed by atoms with van der Waals surface area (Å²) >= 11 is 0. The van der Waals surface area contributed by atoms with Crippen molar-refractivity contribution in [3.8, 4) is 0 Å². The quantitative estimate of drug-likeness (QED) is 0.200.